The molecular formula is C14H15NO2. The number of carbonyl (C=O) groups excluding carboxylic acids is 1. The Morgan fingerprint density at radius 3 is 2.71 bits per heavy atom. The van der Waals surface area contributed by atoms with Crippen molar-refractivity contribution in [1.29, 1.82) is 0 Å². The van der Waals surface area contributed by atoms with Crippen LogP contribution in [0.4, 0.5) is 0 Å². The van der Waals surface area contributed by atoms with Gasteiger partial charge < -0.3 is 10.8 Å². The zero-order valence-electron chi connectivity index (χ0n) is 9.73. The van der Waals surface area contributed by atoms with Gasteiger partial charge in [-0.1, -0.05) is 37.6 Å². The Morgan fingerprint density at radius 1 is 1.35 bits per heavy atom. The molecule has 0 fully saturated rings. The van der Waals surface area contributed by atoms with E-state index in [1.54, 1.807) is 6.07 Å². The maximum atomic E-state index is 11.6. The number of fused-ring (bicyclic) bond motifs is 1. The van der Waals surface area contributed by atoms with E-state index in [0.29, 0.717) is 17.5 Å². The van der Waals surface area contributed by atoms with Crippen LogP contribution in [-0.4, -0.2) is 11.0 Å². The summed E-state index contributed by atoms with van der Waals surface area (Å²) in [5.41, 5.74) is 6.53. The highest BCUT2D eigenvalue weighted by molar-refractivity contribution is 6.08. The van der Waals surface area contributed by atoms with E-state index in [-0.39, 0.29) is 5.75 Å². The lowest BCUT2D eigenvalue weighted by Gasteiger charge is -2.12. The average Bonchev–Trinajstić information content (AvgIpc) is 2.29. The third-order valence-electron chi connectivity index (χ3n) is 2.88. The van der Waals surface area contributed by atoms with Crippen LogP contribution in [0.25, 0.3) is 10.8 Å². The van der Waals surface area contributed by atoms with Crippen molar-refractivity contribution in [2.45, 2.75) is 19.8 Å². The second-order valence-electron chi connectivity index (χ2n) is 4.08. The summed E-state index contributed by atoms with van der Waals surface area (Å²) in [6.45, 7) is 2.00. The number of phenols is 1. The number of aromatic hydroxyl groups is 1. The second-order valence-corrected chi connectivity index (χ2v) is 4.08. The van der Waals surface area contributed by atoms with Crippen LogP contribution in [0.1, 0.15) is 29.3 Å². The molecule has 3 N–H and O–H groups in total. The fourth-order valence-corrected chi connectivity index (χ4v) is 2.16. The Kier molecular flexibility index (Phi) is 3.00. The Bertz CT molecular complexity index is 576. The van der Waals surface area contributed by atoms with E-state index in [9.17, 15) is 9.90 Å². The van der Waals surface area contributed by atoms with Gasteiger partial charge in [0.25, 0.3) is 0 Å². The van der Waals surface area contributed by atoms with Crippen molar-refractivity contribution >= 4 is 16.7 Å². The Labute approximate surface area is 99.9 Å². The first-order chi connectivity index (χ1) is 8.15. The molecule has 1 amide bonds. The topological polar surface area (TPSA) is 63.3 Å². The van der Waals surface area contributed by atoms with Crippen molar-refractivity contribution in [3.63, 3.8) is 0 Å². The highest BCUT2D eigenvalue weighted by Crippen LogP contribution is 2.30. The first-order valence-corrected chi connectivity index (χ1v) is 5.68. The van der Waals surface area contributed by atoms with Crippen molar-refractivity contribution in [2.75, 3.05) is 0 Å². The molecule has 0 bridgehead atoms. The molecule has 3 heteroatoms. The minimum absolute atomic E-state index is 0.152. The van der Waals surface area contributed by atoms with Gasteiger partial charge in [0.15, 0.2) is 0 Å². The number of amides is 1. The van der Waals surface area contributed by atoms with Gasteiger partial charge >= 0.3 is 0 Å². The van der Waals surface area contributed by atoms with Crippen molar-refractivity contribution in [3.8, 4) is 5.75 Å². The monoisotopic (exact) mass is 229 g/mol. The molecule has 0 saturated heterocycles. The fourth-order valence-electron chi connectivity index (χ4n) is 2.16. The number of primary amides is 1. The number of hydrogen-bond donors (Lipinski definition) is 2. The lowest BCUT2D eigenvalue weighted by molar-refractivity contribution is 0.100. The molecule has 0 aliphatic rings. The molecular weight excluding hydrogens is 214 g/mol. The van der Waals surface area contributed by atoms with Crippen molar-refractivity contribution < 1.29 is 9.90 Å². The summed E-state index contributed by atoms with van der Waals surface area (Å²) in [5, 5.41) is 11.6. The lowest BCUT2D eigenvalue weighted by atomic mass is 9.95. The molecule has 0 aliphatic carbocycles. The fraction of sp³-hybridized carbons (Fsp3) is 0.214. The number of rotatable bonds is 3. The first-order valence-electron chi connectivity index (χ1n) is 5.68. The van der Waals surface area contributed by atoms with Crippen LogP contribution in [0.2, 0.25) is 0 Å². The van der Waals surface area contributed by atoms with Crippen LogP contribution >= 0.6 is 0 Å². The number of carbonyl (C=O) groups is 1. The largest absolute Gasteiger partial charge is 0.508 e. The molecule has 2 aromatic carbocycles. The quantitative estimate of drug-likeness (QED) is 0.849. The summed E-state index contributed by atoms with van der Waals surface area (Å²) in [6, 6.07) is 9.13. The molecule has 2 rings (SSSR count). The van der Waals surface area contributed by atoms with Gasteiger partial charge in [-0.15, -0.1) is 0 Å². The summed E-state index contributed by atoms with van der Waals surface area (Å²) in [6.07, 6.45) is 1.50. The predicted molar refractivity (Wildman–Crippen MR) is 68.1 cm³/mol. The maximum absolute atomic E-state index is 11.6. The number of nitrogens with two attached hydrogens (primary N) is 1. The summed E-state index contributed by atoms with van der Waals surface area (Å²) in [7, 11) is 0. The zero-order chi connectivity index (χ0) is 12.4. The SMILES string of the molecule is CCCc1c(O)cc2ccccc2c1C(N)=O. The Balaban J connectivity index is 2.83. The van der Waals surface area contributed by atoms with E-state index < -0.39 is 5.91 Å². The van der Waals surface area contributed by atoms with E-state index in [2.05, 4.69) is 0 Å². The smallest absolute Gasteiger partial charge is 0.249 e. The first kappa shape index (κ1) is 11.5. The standard InChI is InChI=1S/C14H15NO2/c1-2-5-11-12(16)8-9-6-3-4-7-10(9)13(11)14(15)17/h3-4,6-8,16H,2,5H2,1H3,(H2,15,17). The summed E-state index contributed by atoms with van der Waals surface area (Å²) < 4.78 is 0. The van der Waals surface area contributed by atoms with Crippen molar-refractivity contribution in [1.82, 2.24) is 0 Å². The highest BCUT2D eigenvalue weighted by atomic mass is 16.3. The van der Waals surface area contributed by atoms with Crippen LogP contribution in [0.15, 0.2) is 30.3 Å². The van der Waals surface area contributed by atoms with Gasteiger partial charge in [0.1, 0.15) is 5.75 Å². The van der Waals surface area contributed by atoms with Gasteiger partial charge in [0.05, 0.1) is 5.56 Å². The van der Waals surface area contributed by atoms with Crippen molar-refractivity contribution in [3.05, 3.63) is 41.5 Å². The number of benzene rings is 2. The van der Waals surface area contributed by atoms with Crippen LogP contribution in [-0.2, 0) is 6.42 Å². The maximum Gasteiger partial charge on any atom is 0.249 e. The van der Waals surface area contributed by atoms with Gasteiger partial charge in [-0.25, -0.2) is 0 Å². The molecule has 88 valence electrons. The minimum atomic E-state index is -0.486. The van der Waals surface area contributed by atoms with Crippen LogP contribution < -0.4 is 5.73 Å². The molecule has 0 atom stereocenters. The average molecular weight is 229 g/mol. The van der Waals surface area contributed by atoms with Crippen molar-refractivity contribution in [2.24, 2.45) is 5.73 Å². The van der Waals surface area contributed by atoms with E-state index in [0.717, 1.165) is 17.2 Å². The number of phenolic OH excluding ortho intramolecular Hbond substituents is 1. The lowest BCUT2D eigenvalue weighted by Crippen LogP contribution is -2.14. The molecule has 17 heavy (non-hydrogen) atoms. The van der Waals surface area contributed by atoms with Gasteiger partial charge in [0, 0.05) is 5.56 Å². The van der Waals surface area contributed by atoms with E-state index in [1.165, 1.54) is 0 Å². The van der Waals surface area contributed by atoms with Gasteiger partial charge in [-0.2, -0.15) is 0 Å². The van der Waals surface area contributed by atoms with Gasteiger partial charge in [-0.05, 0) is 23.3 Å². The predicted octanol–water partition coefficient (Wildman–Crippen LogP) is 2.60. The normalized spacial score (nSPS) is 10.6. The summed E-state index contributed by atoms with van der Waals surface area (Å²) in [4.78, 5) is 11.6. The van der Waals surface area contributed by atoms with E-state index >= 15 is 0 Å². The molecule has 0 aromatic heterocycles. The molecule has 2 aromatic rings. The van der Waals surface area contributed by atoms with E-state index in [1.807, 2.05) is 31.2 Å². The molecule has 3 nitrogen and oxygen atoms in total. The Hall–Kier alpha value is -2.03. The highest BCUT2D eigenvalue weighted by Gasteiger charge is 2.16. The van der Waals surface area contributed by atoms with Crippen LogP contribution in [0.5, 0.6) is 5.75 Å². The molecule has 0 unspecified atom stereocenters. The van der Waals surface area contributed by atoms with Gasteiger partial charge in [-0.3, -0.25) is 4.79 Å². The molecule has 0 heterocycles. The third-order valence-corrected chi connectivity index (χ3v) is 2.88. The molecule has 0 radical (unpaired) electrons. The third kappa shape index (κ3) is 1.96. The van der Waals surface area contributed by atoms with E-state index in [4.69, 9.17) is 5.73 Å². The minimum Gasteiger partial charge on any atom is -0.508 e. The molecule has 0 saturated carbocycles. The van der Waals surface area contributed by atoms with Gasteiger partial charge in [0.2, 0.25) is 5.91 Å². The molecule has 0 aliphatic heterocycles. The van der Waals surface area contributed by atoms with Crippen LogP contribution in [0, 0.1) is 0 Å². The number of hydrogen-bond acceptors (Lipinski definition) is 2. The summed E-state index contributed by atoms with van der Waals surface area (Å²) in [5.74, 6) is -0.333. The van der Waals surface area contributed by atoms with Crippen LogP contribution in [0.3, 0.4) is 0 Å². The Morgan fingerprint density at radius 2 is 2.06 bits per heavy atom. The summed E-state index contributed by atoms with van der Waals surface area (Å²) >= 11 is 0. The second kappa shape index (κ2) is 4.45. The molecule has 0 spiro atoms. The zero-order valence-corrected chi connectivity index (χ0v) is 9.73.